The zero-order valence-electron chi connectivity index (χ0n) is 17.8. The first kappa shape index (κ1) is 24.6. The number of nitrogens with one attached hydrogen (secondary N) is 2. The number of aliphatic hydroxyl groups excluding tert-OH is 1. The van der Waals surface area contributed by atoms with Gasteiger partial charge in [-0.2, -0.15) is 0 Å². The molecule has 0 unspecified atom stereocenters. The molecule has 188 valence electrons. The summed E-state index contributed by atoms with van der Waals surface area (Å²) in [5, 5.41) is 11.7. The summed E-state index contributed by atoms with van der Waals surface area (Å²) in [7, 11) is 0. The molecule has 1 atom stereocenters. The fraction of sp³-hybridized carbons (Fsp3) is 0.333. The van der Waals surface area contributed by atoms with Crippen molar-refractivity contribution in [3.8, 4) is 11.5 Å². The molecule has 0 amide bonds. The Kier molecular flexibility index (Phi) is 6.76. The Morgan fingerprint density at radius 1 is 1.23 bits per heavy atom. The minimum Gasteiger partial charge on any atom is -0.461 e. The van der Waals surface area contributed by atoms with Gasteiger partial charge in [0, 0.05) is 30.2 Å². The summed E-state index contributed by atoms with van der Waals surface area (Å²) in [5.41, 5.74) is -1.56. The monoisotopic (exact) mass is 504 g/mol. The van der Waals surface area contributed by atoms with E-state index in [1.807, 2.05) is 0 Å². The average Bonchev–Trinajstić information content (AvgIpc) is 3.21. The van der Waals surface area contributed by atoms with Crippen molar-refractivity contribution >= 4 is 22.7 Å². The van der Waals surface area contributed by atoms with E-state index in [0.29, 0.717) is 5.56 Å². The van der Waals surface area contributed by atoms with Crippen molar-refractivity contribution < 1.29 is 45.7 Å². The van der Waals surface area contributed by atoms with E-state index < -0.39 is 55.8 Å². The van der Waals surface area contributed by atoms with Gasteiger partial charge < -0.3 is 24.9 Å². The summed E-state index contributed by atoms with van der Waals surface area (Å²) in [4.78, 5) is 10.6. The first-order chi connectivity index (χ1) is 16.6. The van der Waals surface area contributed by atoms with Crippen LogP contribution in [0.5, 0.6) is 11.5 Å². The minimum atomic E-state index is -4.80. The molecule has 1 aromatic carbocycles. The SMILES string of the molecule is OC[C@]1(F)CN=C(Nc2cc(F)c(Oc3ccnc4[nH]cc(CCOC(F)(F)F)c34)c(F)c2)OC1. The third kappa shape index (κ3) is 5.77. The lowest BCUT2D eigenvalue weighted by Crippen LogP contribution is -2.43. The van der Waals surface area contributed by atoms with E-state index in [0.717, 1.165) is 12.1 Å². The maximum Gasteiger partial charge on any atom is 0.522 e. The molecule has 35 heavy (non-hydrogen) atoms. The molecule has 0 radical (unpaired) electrons. The molecule has 1 aliphatic rings. The number of aromatic nitrogens is 2. The highest BCUT2D eigenvalue weighted by Crippen LogP contribution is 2.35. The van der Waals surface area contributed by atoms with Gasteiger partial charge in [-0.3, -0.25) is 4.74 Å². The zero-order chi connectivity index (χ0) is 25.2. The molecule has 0 bridgehead atoms. The van der Waals surface area contributed by atoms with Crippen LogP contribution in [-0.2, 0) is 15.9 Å². The molecular weight excluding hydrogens is 486 g/mol. The van der Waals surface area contributed by atoms with Crippen LogP contribution in [0.4, 0.5) is 32.0 Å². The van der Waals surface area contributed by atoms with E-state index in [-0.39, 0.29) is 34.9 Å². The third-order valence-corrected chi connectivity index (χ3v) is 4.97. The number of fused-ring (bicyclic) bond motifs is 1. The second-order valence-electron chi connectivity index (χ2n) is 7.61. The molecule has 1 aliphatic heterocycles. The van der Waals surface area contributed by atoms with Crippen LogP contribution in [0.15, 0.2) is 35.6 Å². The summed E-state index contributed by atoms with van der Waals surface area (Å²) in [6, 6.07) is 2.90. The van der Waals surface area contributed by atoms with Gasteiger partial charge in [0.05, 0.1) is 25.1 Å². The van der Waals surface area contributed by atoms with Crippen molar-refractivity contribution in [1.82, 2.24) is 9.97 Å². The topological polar surface area (TPSA) is 101 Å². The fourth-order valence-corrected chi connectivity index (χ4v) is 3.29. The molecule has 2 aromatic heterocycles. The van der Waals surface area contributed by atoms with Crippen LogP contribution < -0.4 is 10.1 Å². The lowest BCUT2D eigenvalue weighted by atomic mass is 10.1. The van der Waals surface area contributed by atoms with Crippen molar-refractivity contribution in [3.05, 3.63) is 47.8 Å². The molecule has 0 fully saturated rings. The molecule has 0 saturated carbocycles. The first-order valence-electron chi connectivity index (χ1n) is 10.1. The van der Waals surface area contributed by atoms with Crippen LogP contribution >= 0.6 is 0 Å². The first-order valence-corrected chi connectivity index (χ1v) is 10.1. The Labute approximate surface area is 193 Å². The summed E-state index contributed by atoms with van der Waals surface area (Å²) in [6.07, 6.45) is -2.27. The van der Waals surface area contributed by atoms with E-state index in [1.165, 1.54) is 18.5 Å². The molecule has 4 rings (SSSR count). The summed E-state index contributed by atoms with van der Waals surface area (Å²) in [5.74, 6) is -3.03. The van der Waals surface area contributed by atoms with Crippen LogP contribution in [0, 0.1) is 11.6 Å². The van der Waals surface area contributed by atoms with Gasteiger partial charge in [-0.05, 0) is 18.1 Å². The number of aliphatic hydroxyl groups is 1. The number of benzene rings is 1. The van der Waals surface area contributed by atoms with E-state index in [1.54, 1.807) is 0 Å². The van der Waals surface area contributed by atoms with E-state index in [2.05, 4.69) is 25.0 Å². The molecular formula is C21H18F6N4O4. The predicted molar refractivity (Wildman–Crippen MR) is 111 cm³/mol. The molecule has 3 heterocycles. The number of hydrogen-bond acceptors (Lipinski definition) is 7. The number of aliphatic imine (C=N–C) groups is 1. The molecule has 8 nitrogen and oxygen atoms in total. The van der Waals surface area contributed by atoms with Gasteiger partial charge in [0.15, 0.2) is 23.1 Å². The Morgan fingerprint density at radius 3 is 2.60 bits per heavy atom. The highest BCUT2D eigenvalue weighted by molar-refractivity contribution is 5.90. The molecule has 0 spiro atoms. The Balaban J connectivity index is 1.53. The van der Waals surface area contributed by atoms with Gasteiger partial charge in [-0.25, -0.2) is 23.1 Å². The van der Waals surface area contributed by atoms with Crippen molar-refractivity contribution in [2.45, 2.75) is 18.5 Å². The highest BCUT2D eigenvalue weighted by atomic mass is 19.4. The third-order valence-electron chi connectivity index (χ3n) is 4.97. The number of hydrogen-bond donors (Lipinski definition) is 3. The number of H-pyrrole nitrogens is 1. The number of ether oxygens (including phenoxy) is 3. The number of amidine groups is 1. The number of halogens is 6. The van der Waals surface area contributed by atoms with Gasteiger partial charge >= 0.3 is 6.36 Å². The van der Waals surface area contributed by atoms with Crippen LogP contribution in [0.2, 0.25) is 0 Å². The van der Waals surface area contributed by atoms with Gasteiger partial charge in [0.1, 0.15) is 18.0 Å². The van der Waals surface area contributed by atoms with E-state index in [4.69, 9.17) is 14.6 Å². The average molecular weight is 504 g/mol. The number of aromatic amines is 1. The normalized spacial score (nSPS) is 18.3. The van der Waals surface area contributed by atoms with Crippen molar-refractivity contribution in [2.24, 2.45) is 4.99 Å². The summed E-state index contributed by atoms with van der Waals surface area (Å²) >= 11 is 0. The van der Waals surface area contributed by atoms with Crippen LogP contribution in [0.3, 0.4) is 0 Å². The summed E-state index contributed by atoms with van der Waals surface area (Å²) < 4.78 is 94.5. The molecule has 3 N–H and O–H groups in total. The van der Waals surface area contributed by atoms with Crippen molar-refractivity contribution in [1.29, 1.82) is 0 Å². The lowest BCUT2D eigenvalue weighted by Gasteiger charge is -2.26. The Hall–Kier alpha value is -3.52. The largest absolute Gasteiger partial charge is 0.522 e. The number of alkyl halides is 4. The minimum absolute atomic E-state index is 0.0416. The molecule has 0 saturated heterocycles. The van der Waals surface area contributed by atoms with Gasteiger partial charge in [0.2, 0.25) is 0 Å². The number of rotatable bonds is 7. The Bertz CT molecular complexity index is 1230. The standard InChI is InChI=1S/C21H18F6N4O4/c22-13-5-12(31-19-30-8-20(24,9-32)10-33-19)6-14(23)17(13)35-15-1-3-28-18-16(15)11(7-29-18)2-4-34-21(25,26)27/h1,3,5-7,32H,2,4,8-10H2,(H,28,29)(H,30,31)/t20-/m1/s1. The fourth-order valence-electron chi connectivity index (χ4n) is 3.29. The number of anilines is 1. The van der Waals surface area contributed by atoms with E-state index in [9.17, 15) is 26.3 Å². The predicted octanol–water partition coefficient (Wildman–Crippen LogP) is 4.21. The maximum absolute atomic E-state index is 14.7. The van der Waals surface area contributed by atoms with Crippen LogP contribution in [0.1, 0.15) is 5.56 Å². The number of pyridine rings is 1. The van der Waals surface area contributed by atoms with Crippen molar-refractivity contribution in [3.63, 3.8) is 0 Å². The Morgan fingerprint density at radius 2 is 1.97 bits per heavy atom. The summed E-state index contributed by atoms with van der Waals surface area (Å²) in [6.45, 7) is -2.36. The lowest BCUT2D eigenvalue weighted by molar-refractivity contribution is -0.324. The van der Waals surface area contributed by atoms with Crippen LogP contribution in [-0.4, -0.2) is 59.5 Å². The van der Waals surface area contributed by atoms with Gasteiger partial charge in [-0.15, -0.1) is 13.2 Å². The molecule has 3 aromatic rings. The molecule has 14 heteroatoms. The maximum atomic E-state index is 14.7. The van der Waals surface area contributed by atoms with Crippen LogP contribution in [0.25, 0.3) is 11.0 Å². The van der Waals surface area contributed by atoms with Gasteiger partial charge in [0.25, 0.3) is 6.02 Å². The number of nitrogens with zero attached hydrogens (tertiary/aromatic N) is 2. The smallest absolute Gasteiger partial charge is 0.461 e. The quantitative estimate of drug-likeness (QED) is 0.417. The highest BCUT2D eigenvalue weighted by Gasteiger charge is 2.34. The second-order valence-corrected chi connectivity index (χ2v) is 7.61. The zero-order valence-corrected chi connectivity index (χ0v) is 17.8. The van der Waals surface area contributed by atoms with E-state index >= 15 is 0 Å². The van der Waals surface area contributed by atoms with Gasteiger partial charge in [-0.1, -0.05) is 0 Å². The second kappa shape index (κ2) is 9.62. The molecule has 0 aliphatic carbocycles. The van der Waals surface area contributed by atoms with Crippen molar-refractivity contribution in [2.75, 3.05) is 31.7 Å².